The van der Waals surface area contributed by atoms with Gasteiger partial charge in [0, 0.05) is 12.6 Å². The summed E-state index contributed by atoms with van der Waals surface area (Å²) >= 11 is 0. The van der Waals surface area contributed by atoms with Crippen molar-refractivity contribution in [1.82, 2.24) is 5.32 Å². The molecule has 0 spiro atoms. The van der Waals surface area contributed by atoms with Gasteiger partial charge >= 0.3 is 0 Å². The molecular weight excluding hydrogens is 210 g/mol. The number of hydrogen-bond donors (Lipinski definition) is 1. The highest BCUT2D eigenvalue weighted by atomic mass is 16.5. The van der Waals surface area contributed by atoms with Gasteiger partial charge in [0.1, 0.15) is 0 Å². The Morgan fingerprint density at radius 1 is 1.12 bits per heavy atom. The number of benzene rings is 1. The summed E-state index contributed by atoms with van der Waals surface area (Å²) in [6.45, 7) is 12.2. The lowest BCUT2D eigenvalue weighted by Crippen LogP contribution is -2.23. The molecule has 0 unspecified atom stereocenters. The fourth-order valence-electron chi connectivity index (χ4n) is 1.48. The van der Waals surface area contributed by atoms with E-state index in [1.807, 2.05) is 0 Å². The first-order chi connectivity index (χ1) is 7.88. The summed E-state index contributed by atoms with van der Waals surface area (Å²) in [7, 11) is 0. The van der Waals surface area contributed by atoms with Crippen LogP contribution < -0.4 is 5.32 Å². The molecule has 0 saturated heterocycles. The molecule has 1 rings (SSSR count). The van der Waals surface area contributed by atoms with Gasteiger partial charge in [0.25, 0.3) is 0 Å². The van der Waals surface area contributed by atoms with Gasteiger partial charge in [-0.3, -0.25) is 0 Å². The first-order valence-corrected chi connectivity index (χ1v) is 6.32. The van der Waals surface area contributed by atoms with Gasteiger partial charge in [-0.2, -0.15) is 0 Å². The van der Waals surface area contributed by atoms with Gasteiger partial charge in [0.15, 0.2) is 0 Å². The average molecular weight is 235 g/mol. The van der Waals surface area contributed by atoms with E-state index in [1.165, 1.54) is 11.1 Å². The standard InChI is InChI=1S/C15H25NO/c1-12(2)16-10-13-8-6-7-9-14(13)11-17-15(3,4)5/h6-9,12,16H,10-11H2,1-5H3. The number of nitrogens with one attached hydrogen (secondary N) is 1. The molecule has 0 fully saturated rings. The van der Waals surface area contributed by atoms with Crippen molar-refractivity contribution in [2.45, 2.75) is 59.4 Å². The van der Waals surface area contributed by atoms with Gasteiger partial charge in [-0.1, -0.05) is 38.1 Å². The van der Waals surface area contributed by atoms with Crippen LogP contribution in [-0.2, 0) is 17.9 Å². The molecule has 0 saturated carbocycles. The van der Waals surface area contributed by atoms with Gasteiger partial charge in [0.05, 0.1) is 12.2 Å². The third-order valence-corrected chi connectivity index (χ3v) is 2.48. The smallest absolute Gasteiger partial charge is 0.0727 e. The predicted molar refractivity (Wildman–Crippen MR) is 73.0 cm³/mol. The lowest BCUT2D eigenvalue weighted by molar-refractivity contribution is -0.0152. The molecule has 17 heavy (non-hydrogen) atoms. The Bertz CT molecular complexity index is 339. The maximum Gasteiger partial charge on any atom is 0.0727 e. The van der Waals surface area contributed by atoms with E-state index in [-0.39, 0.29) is 5.60 Å². The van der Waals surface area contributed by atoms with Crippen LogP contribution in [0.2, 0.25) is 0 Å². The zero-order valence-corrected chi connectivity index (χ0v) is 11.7. The Morgan fingerprint density at radius 3 is 2.24 bits per heavy atom. The molecular formula is C15H25NO. The van der Waals surface area contributed by atoms with Crippen LogP contribution in [0.3, 0.4) is 0 Å². The summed E-state index contributed by atoms with van der Waals surface area (Å²) < 4.78 is 5.84. The third kappa shape index (κ3) is 5.85. The van der Waals surface area contributed by atoms with Crippen molar-refractivity contribution in [2.24, 2.45) is 0 Å². The van der Waals surface area contributed by atoms with Crippen LogP contribution in [0, 0.1) is 0 Å². The quantitative estimate of drug-likeness (QED) is 0.843. The highest BCUT2D eigenvalue weighted by Gasteiger charge is 2.11. The Morgan fingerprint density at radius 2 is 1.71 bits per heavy atom. The van der Waals surface area contributed by atoms with Gasteiger partial charge < -0.3 is 10.1 Å². The van der Waals surface area contributed by atoms with E-state index in [9.17, 15) is 0 Å². The molecule has 0 radical (unpaired) electrons. The van der Waals surface area contributed by atoms with Crippen molar-refractivity contribution in [3.63, 3.8) is 0 Å². The van der Waals surface area contributed by atoms with Crippen molar-refractivity contribution in [3.05, 3.63) is 35.4 Å². The second-order valence-corrected chi connectivity index (χ2v) is 5.71. The van der Waals surface area contributed by atoms with Crippen LogP contribution in [0.4, 0.5) is 0 Å². The maximum atomic E-state index is 5.84. The van der Waals surface area contributed by atoms with Gasteiger partial charge in [0.2, 0.25) is 0 Å². The van der Waals surface area contributed by atoms with E-state index < -0.39 is 0 Å². The van der Waals surface area contributed by atoms with Crippen molar-refractivity contribution in [1.29, 1.82) is 0 Å². The molecule has 0 aliphatic heterocycles. The molecule has 0 aromatic heterocycles. The number of rotatable bonds is 5. The summed E-state index contributed by atoms with van der Waals surface area (Å²) in [6.07, 6.45) is 0. The SMILES string of the molecule is CC(C)NCc1ccccc1COC(C)(C)C. The lowest BCUT2D eigenvalue weighted by atomic mass is 10.1. The van der Waals surface area contributed by atoms with Crippen LogP contribution in [0.25, 0.3) is 0 Å². The van der Waals surface area contributed by atoms with E-state index in [0.717, 1.165) is 6.54 Å². The highest BCUT2D eigenvalue weighted by molar-refractivity contribution is 5.26. The van der Waals surface area contributed by atoms with Gasteiger partial charge in [-0.25, -0.2) is 0 Å². The average Bonchev–Trinajstić information content (AvgIpc) is 2.23. The zero-order chi connectivity index (χ0) is 12.9. The van der Waals surface area contributed by atoms with Crippen LogP contribution in [0.15, 0.2) is 24.3 Å². The Balaban J connectivity index is 2.64. The molecule has 96 valence electrons. The first-order valence-electron chi connectivity index (χ1n) is 6.32. The Kier molecular flexibility index (Phi) is 5.16. The molecule has 1 N–H and O–H groups in total. The first kappa shape index (κ1) is 14.2. The van der Waals surface area contributed by atoms with E-state index in [4.69, 9.17) is 4.74 Å². The van der Waals surface area contributed by atoms with E-state index >= 15 is 0 Å². The molecule has 0 aliphatic carbocycles. The summed E-state index contributed by atoms with van der Waals surface area (Å²) in [5, 5.41) is 3.44. The second kappa shape index (κ2) is 6.18. The van der Waals surface area contributed by atoms with Gasteiger partial charge in [-0.15, -0.1) is 0 Å². The summed E-state index contributed by atoms with van der Waals surface area (Å²) in [5.41, 5.74) is 2.51. The third-order valence-electron chi connectivity index (χ3n) is 2.48. The van der Waals surface area contributed by atoms with Crippen molar-refractivity contribution in [2.75, 3.05) is 0 Å². The largest absolute Gasteiger partial charge is 0.371 e. The maximum absolute atomic E-state index is 5.84. The van der Waals surface area contributed by atoms with Crippen LogP contribution >= 0.6 is 0 Å². The lowest BCUT2D eigenvalue weighted by Gasteiger charge is -2.21. The minimum absolute atomic E-state index is 0.0847. The minimum Gasteiger partial charge on any atom is -0.371 e. The van der Waals surface area contributed by atoms with Gasteiger partial charge in [-0.05, 0) is 31.9 Å². The topological polar surface area (TPSA) is 21.3 Å². The molecule has 0 heterocycles. The molecule has 1 aromatic rings. The fourth-order valence-corrected chi connectivity index (χ4v) is 1.48. The molecule has 2 heteroatoms. The second-order valence-electron chi connectivity index (χ2n) is 5.71. The molecule has 2 nitrogen and oxygen atoms in total. The molecule has 0 amide bonds. The predicted octanol–water partition coefficient (Wildman–Crippen LogP) is 3.50. The van der Waals surface area contributed by atoms with E-state index in [1.54, 1.807) is 0 Å². The number of ether oxygens (including phenoxy) is 1. The van der Waals surface area contributed by atoms with E-state index in [2.05, 4.69) is 64.2 Å². The molecule has 1 aromatic carbocycles. The summed E-state index contributed by atoms with van der Waals surface area (Å²) in [6, 6.07) is 8.96. The van der Waals surface area contributed by atoms with Crippen LogP contribution in [0.5, 0.6) is 0 Å². The summed E-state index contributed by atoms with van der Waals surface area (Å²) in [4.78, 5) is 0. The monoisotopic (exact) mass is 235 g/mol. The highest BCUT2D eigenvalue weighted by Crippen LogP contribution is 2.15. The summed E-state index contributed by atoms with van der Waals surface area (Å²) in [5.74, 6) is 0. The zero-order valence-electron chi connectivity index (χ0n) is 11.7. The Hall–Kier alpha value is -0.860. The molecule has 0 aliphatic rings. The fraction of sp³-hybridized carbons (Fsp3) is 0.600. The van der Waals surface area contributed by atoms with Crippen LogP contribution in [0.1, 0.15) is 45.7 Å². The van der Waals surface area contributed by atoms with Crippen molar-refractivity contribution >= 4 is 0 Å². The van der Waals surface area contributed by atoms with Crippen molar-refractivity contribution < 1.29 is 4.74 Å². The van der Waals surface area contributed by atoms with E-state index in [0.29, 0.717) is 12.6 Å². The number of hydrogen-bond acceptors (Lipinski definition) is 2. The minimum atomic E-state index is -0.0847. The molecule has 0 bridgehead atoms. The normalized spacial score (nSPS) is 12.1. The van der Waals surface area contributed by atoms with Crippen molar-refractivity contribution in [3.8, 4) is 0 Å². The Labute approximate surface area is 105 Å². The molecule has 0 atom stereocenters. The van der Waals surface area contributed by atoms with Crippen LogP contribution in [-0.4, -0.2) is 11.6 Å².